The van der Waals surface area contributed by atoms with Crippen molar-refractivity contribution in [3.63, 3.8) is 0 Å². The molecule has 2 atom stereocenters. The zero-order valence-electron chi connectivity index (χ0n) is 10.9. The Morgan fingerprint density at radius 1 is 1.31 bits per heavy atom. The maximum absolute atomic E-state index is 11.3. The lowest BCUT2D eigenvalue weighted by molar-refractivity contribution is -0.131. The molecule has 0 aromatic carbocycles. The lowest BCUT2D eigenvalue weighted by atomic mass is 9.71. The van der Waals surface area contributed by atoms with Gasteiger partial charge in [0, 0.05) is 7.11 Å². The third kappa shape index (κ3) is 4.62. The Morgan fingerprint density at radius 3 is 2.56 bits per heavy atom. The molecule has 1 aliphatic carbocycles. The van der Waals surface area contributed by atoms with E-state index in [-0.39, 0.29) is 25.1 Å². The molecular weight excluding hydrogens is 204 g/mol. The van der Waals surface area contributed by atoms with Gasteiger partial charge in [0.1, 0.15) is 13.2 Å². The van der Waals surface area contributed by atoms with Crippen molar-refractivity contribution in [2.75, 3.05) is 20.3 Å². The summed E-state index contributed by atoms with van der Waals surface area (Å²) in [5, 5.41) is 0. The van der Waals surface area contributed by atoms with Gasteiger partial charge in [0.25, 0.3) is 0 Å². The number of Topliss-reactive ketones (excluding diaryl/α,β-unsaturated/α-hetero) is 1. The van der Waals surface area contributed by atoms with Crippen LogP contribution in [0.3, 0.4) is 0 Å². The van der Waals surface area contributed by atoms with Gasteiger partial charge in [-0.2, -0.15) is 0 Å². The van der Waals surface area contributed by atoms with E-state index in [9.17, 15) is 4.79 Å². The molecule has 0 N–H and O–H groups in total. The zero-order valence-corrected chi connectivity index (χ0v) is 10.9. The van der Waals surface area contributed by atoms with Gasteiger partial charge in [-0.15, -0.1) is 0 Å². The summed E-state index contributed by atoms with van der Waals surface area (Å²) in [4.78, 5) is 11.3. The van der Waals surface area contributed by atoms with Crippen LogP contribution in [0.1, 0.15) is 40.0 Å². The molecule has 2 unspecified atom stereocenters. The molecule has 1 fully saturated rings. The zero-order chi connectivity index (χ0) is 12.2. The Balaban J connectivity index is 2.34. The van der Waals surface area contributed by atoms with Gasteiger partial charge >= 0.3 is 0 Å². The molecule has 94 valence electrons. The highest BCUT2D eigenvalue weighted by atomic mass is 16.5. The molecule has 0 heterocycles. The number of rotatable bonds is 5. The molecule has 0 aromatic heterocycles. The summed E-state index contributed by atoms with van der Waals surface area (Å²) < 4.78 is 10.4. The lowest BCUT2D eigenvalue weighted by Gasteiger charge is -2.38. The number of ether oxygens (including phenoxy) is 2. The Morgan fingerprint density at radius 2 is 2.00 bits per heavy atom. The normalized spacial score (nSPS) is 29.0. The first kappa shape index (κ1) is 13.7. The summed E-state index contributed by atoms with van der Waals surface area (Å²) in [5.41, 5.74) is 0.340. The van der Waals surface area contributed by atoms with Crippen LogP contribution in [0.5, 0.6) is 0 Å². The van der Waals surface area contributed by atoms with Crippen LogP contribution in [-0.2, 0) is 14.3 Å². The van der Waals surface area contributed by atoms with Crippen molar-refractivity contribution in [1.29, 1.82) is 0 Å². The summed E-state index contributed by atoms with van der Waals surface area (Å²) in [6, 6.07) is 0. The van der Waals surface area contributed by atoms with Crippen molar-refractivity contribution in [2.45, 2.75) is 46.1 Å². The molecule has 1 rings (SSSR count). The van der Waals surface area contributed by atoms with Crippen molar-refractivity contribution < 1.29 is 14.3 Å². The third-order valence-electron chi connectivity index (χ3n) is 3.13. The summed E-state index contributed by atoms with van der Waals surface area (Å²) in [7, 11) is 1.53. The van der Waals surface area contributed by atoms with Crippen molar-refractivity contribution >= 4 is 5.78 Å². The number of hydrogen-bond acceptors (Lipinski definition) is 3. The summed E-state index contributed by atoms with van der Waals surface area (Å²) in [6.07, 6.45) is 3.61. The maximum atomic E-state index is 11.3. The number of carbonyl (C=O) groups excluding carboxylic acids is 1. The average molecular weight is 228 g/mol. The van der Waals surface area contributed by atoms with E-state index in [4.69, 9.17) is 9.47 Å². The van der Waals surface area contributed by atoms with Crippen LogP contribution in [0.15, 0.2) is 0 Å². The lowest BCUT2D eigenvalue weighted by Crippen LogP contribution is -2.34. The molecule has 0 aromatic rings. The van der Waals surface area contributed by atoms with E-state index in [1.165, 1.54) is 13.5 Å². The van der Waals surface area contributed by atoms with E-state index >= 15 is 0 Å². The monoisotopic (exact) mass is 228 g/mol. The van der Waals surface area contributed by atoms with E-state index in [0.29, 0.717) is 11.3 Å². The van der Waals surface area contributed by atoms with Crippen LogP contribution in [0.25, 0.3) is 0 Å². The number of ketones is 1. The molecule has 1 aliphatic rings. The molecule has 0 bridgehead atoms. The largest absolute Gasteiger partial charge is 0.377 e. The second kappa shape index (κ2) is 5.78. The van der Waals surface area contributed by atoms with Gasteiger partial charge in [-0.1, -0.05) is 20.8 Å². The molecule has 3 nitrogen and oxygen atoms in total. The summed E-state index contributed by atoms with van der Waals surface area (Å²) in [5.74, 6) is 0.713. The minimum Gasteiger partial charge on any atom is -0.377 e. The minimum absolute atomic E-state index is 0.0264. The summed E-state index contributed by atoms with van der Waals surface area (Å²) in [6.45, 7) is 7.16. The first-order valence-corrected chi connectivity index (χ1v) is 6.05. The van der Waals surface area contributed by atoms with Gasteiger partial charge in [0.15, 0.2) is 5.78 Å². The van der Waals surface area contributed by atoms with E-state index in [1.807, 2.05) is 0 Å². The minimum atomic E-state index is 0.0264. The smallest absolute Gasteiger partial charge is 0.183 e. The maximum Gasteiger partial charge on any atom is 0.183 e. The number of hydrogen-bond donors (Lipinski definition) is 0. The molecule has 0 spiro atoms. The molecule has 0 radical (unpaired) electrons. The van der Waals surface area contributed by atoms with Crippen molar-refractivity contribution in [3.8, 4) is 0 Å². The second-order valence-corrected chi connectivity index (χ2v) is 5.82. The predicted molar refractivity (Wildman–Crippen MR) is 63.4 cm³/mol. The molecule has 3 heteroatoms. The highest BCUT2D eigenvalue weighted by Gasteiger charge is 2.32. The van der Waals surface area contributed by atoms with E-state index in [2.05, 4.69) is 20.8 Å². The highest BCUT2D eigenvalue weighted by Crippen LogP contribution is 2.39. The molecule has 0 aliphatic heterocycles. The standard InChI is InChI=1S/C13H24O3/c1-10-5-12(7-13(2,3)6-10)16-9-11(14)8-15-4/h10,12H,5-9H2,1-4H3. The topological polar surface area (TPSA) is 35.5 Å². The van der Waals surface area contributed by atoms with Crippen LogP contribution < -0.4 is 0 Å². The second-order valence-electron chi connectivity index (χ2n) is 5.82. The Kier molecular flexibility index (Phi) is 4.93. The number of carbonyl (C=O) groups is 1. The third-order valence-corrected chi connectivity index (χ3v) is 3.13. The molecule has 16 heavy (non-hydrogen) atoms. The molecular formula is C13H24O3. The number of methoxy groups -OCH3 is 1. The van der Waals surface area contributed by atoms with Crippen molar-refractivity contribution in [2.24, 2.45) is 11.3 Å². The van der Waals surface area contributed by atoms with Gasteiger partial charge in [-0.05, 0) is 30.6 Å². The van der Waals surface area contributed by atoms with Crippen LogP contribution in [0.4, 0.5) is 0 Å². The first-order valence-electron chi connectivity index (χ1n) is 6.05. The van der Waals surface area contributed by atoms with Gasteiger partial charge in [0.05, 0.1) is 6.10 Å². The van der Waals surface area contributed by atoms with Gasteiger partial charge in [0.2, 0.25) is 0 Å². The van der Waals surface area contributed by atoms with Crippen LogP contribution >= 0.6 is 0 Å². The van der Waals surface area contributed by atoms with Crippen LogP contribution in [-0.4, -0.2) is 32.2 Å². The fourth-order valence-corrected chi connectivity index (χ4v) is 2.80. The SMILES string of the molecule is COCC(=O)COC1CC(C)CC(C)(C)C1. The van der Waals surface area contributed by atoms with E-state index in [0.717, 1.165) is 12.8 Å². The Labute approximate surface area is 98.5 Å². The van der Waals surface area contributed by atoms with E-state index < -0.39 is 0 Å². The Hall–Kier alpha value is -0.410. The van der Waals surface area contributed by atoms with Crippen molar-refractivity contribution in [1.82, 2.24) is 0 Å². The van der Waals surface area contributed by atoms with Crippen molar-refractivity contribution in [3.05, 3.63) is 0 Å². The van der Waals surface area contributed by atoms with Gasteiger partial charge < -0.3 is 9.47 Å². The fourth-order valence-electron chi connectivity index (χ4n) is 2.80. The quantitative estimate of drug-likeness (QED) is 0.725. The first-order chi connectivity index (χ1) is 7.43. The summed E-state index contributed by atoms with van der Waals surface area (Å²) >= 11 is 0. The van der Waals surface area contributed by atoms with Crippen LogP contribution in [0.2, 0.25) is 0 Å². The molecule has 1 saturated carbocycles. The fraction of sp³-hybridized carbons (Fsp3) is 0.923. The predicted octanol–water partition coefficient (Wildman–Crippen LogP) is 2.43. The van der Waals surface area contributed by atoms with Gasteiger partial charge in [-0.3, -0.25) is 4.79 Å². The van der Waals surface area contributed by atoms with Crippen LogP contribution in [0, 0.1) is 11.3 Å². The highest BCUT2D eigenvalue weighted by molar-refractivity contribution is 5.80. The van der Waals surface area contributed by atoms with Gasteiger partial charge in [-0.25, -0.2) is 0 Å². The molecule has 0 amide bonds. The average Bonchev–Trinajstić information content (AvgIpc) is 2.12. The van der Waals surface area contributed by atoms with E-state index in [1.54, 1.807) is 0 Å². The Bertz CT molecular complexity index is 235. The molecule has 0 saturated heterocycles.